The molecule has 1 aromatic heterocycles. The standard InChI is InChI=1S/C14H24N4/c1-3-15-14-16-11(2)10-13(18-14)17-12-8-6-4-5-7-9-12/h10,12H,3-9H2,1-2H3,(H2,15,16,17,18). The molecule has 2 N–H and O–H groups in total. The number of anilines is 2. The van der Waals surface area contributed by atoms with Crippen LogP contribution in [0.5, 0.6) is 0 Å². The lowest BCUT2D eigenvalue weighted by Crippen LogP contribution is -2.19. The molecule has 0 atom stereocenters. The SMILES string of the molecule is CCNc1nc(C)cc(NC2CCCCCC2)n1. The molecule has 1 aliphatic rings. The lowest BCUT2D eigenvalue weighted by Gasteiger charge is -2.17. The zero-order valence-corrected chi connectivity index (χ0v) is 11.5. The molecular weight excluding hydrogens is 224 g/mol. The van der Waals surface area contributed by atoms with Gasteiger partial charge in [-0.3, -0.25) is 0 Å². The third-order valence-electron chi connectivity index (χ3n) is 3.40. The second-order valence-electron chi connectivity index (χ2n) is 5.08. The van der Waals surface area contributed by atoms with E-state index in [2.05, 4.69) is 27.5 Å². The van der Waals surface area contributed by atoms with Gasteiger partial charge < -0.3 is 10.6 Å². The molecule has 1 saturated carbocycles. The molecule has 0 spiro atoms. The number of hydrogen-bond donors (Lipinski definition) is 2. The Morgan fingerprint density at radius 2 is 1.89 bits per heavy atom. The first-order valence-electron chi connectivity index (χ1n) is 7.14. The van der Waals surface area contributed by atoms with Crippen LogP contribution < -0.4 is 10.6 Å². The van der Waals surface area contributed by atoms with Crippen molar-refractivity contribution in [2.45, 2.75) is 58.4 Å². The van der Waals surface area contributed by atoms with Crippen molar-refractivity contribution in [2.24, 2.45) is 0 Å². The van der Waals surface area contributed by atoms with Crippen LogP contribution in [0.4, 0.5) is 11.8 Å². The predicted octanol–water partition coefficient (Wildman–Crippen LogP) is 3.35. The summed E-state index contributed by atoms with van der Waals surface area (Å²) in [7, 11) is 0. The summed E-state index contributed by atoms with van der Waals surface area (Å²) in [4.78, 5) is 8.89. The summed E-state index contributed by atoms with van der Waals surface area (Å²) in [6.45, 7) is 4.93. The Kier molecular flexibility index (Phi) is 4.79. The normalized spacial score (nSPS) is 17.2. The first-order chi connectivity index (χ1) is 8.78. The Bertz CT molecular complexity index is 370. The minimum Gasteiger partial charge on any atom is -0.367 e. The summed E-state index contributed by atoms with van der Waals surface area (Å²) in [5.41, 5.74) is 1.01. The Morgan fingerprint density at radius 1 is 1.17 bits per heavy atom. The maximum Gasteiger partial charge on any atom is 0.224 e. The lowest BCUT2D eigenvalue weighted by molar-refractivity contribution is 0.617. The van der Waals surface area contributed by atoms with Crippen LogP contribution >= 0.6 is 0 Å². The van der Waals surface area contributed by atoms with Crippen LogP contribution in [-0.2, 0) is 0 Å². The number of nitrogens with one attached hydrogen (secondary N) is 2. The lowest BCUT2D eigenvalue weighted by atomic mass is 10.1. The summed E-state index contributed by atoms with van der Waals surface area (Å²) in [6.07, 6.45) is 7.95. The van der Waals surface area contributed by atoms with Gasteiger partial charge in [-0.1, -0.05) is 25.7 Å². The molecule has 1 fully saturated rings. The van der Waals surface area contributed by atoms with E-state index < -0.39 is 0 Å². The highest BCUT2D eigenvalue weighted by Crippen LogP contribution is 2.21. The molecule has 4 heteroatoms. The van der Waals surface area contributed by atoms with Gasteiger partial charge in [-0.15, -0.1) is 0 Å². The van der Waals surface area contributed by atoms with Gasteiger partial charge in [0, 0.05) is 24.3 Å². The largest absolute Gasteiger partial charge is 0.367 e. The molecule has 18 heavy (non-hydrogen) atoms. The highest BCUT2D eigenvalue weighted by atomic mass is 15.1. The van der Waals surface area contributed by atoms with Gasteiger partial charge in [-0.05, 0) is 26.7 Å². The number of aryl methyl sites for hydroxylation is 1. The van der Waals surface area contributed by atoms with Gasteiger partial charge in [0.2, 0.25) is 5.95 Å². The fourth-order valence-electron chi connectivity index (χ4n) is 2.51. The van der Waals surface area contributed by atoms with Gasteiger partial charge >= 0.3 is 0 Å². The highest BCUT2D eigenvalue weighted by molar-refractivity contribution is 5.42. The molecule has 0 aliphatic heterocycles. The van der Waals surface area contributed by atoms with Crippen molar-refractivity contribution in [3.05, 3.63) is 11.8 Å². The van der Waals surface area contributed by atoms with Gasteiger partial charge in [0.1, 0.15) is 5.82 Å². The average Bonchev–Trinajstić information content (AvgIpc) is 2.57. The van der Waals surface area contributed by atoms with Gasteiger partial charge in [0.15, 0.2) is 0 Å². The van der Waals surface area contributed by atoms with Gasteiger partial charge in [-0.25, -0.2) is 4.98 Å². The maximum atomic E-state index is 4.51. The van der Waals surface area contributed by atoms with E-state index in [1.54, 1.807) is 0 Å². The van der Waals surface area contributed by atoms with E-state index in [9.17, 15) is 0 Å². The topological polar surface area (TPSA) is 49.8 Å². The number of hydrogen-bond acceptors (Lipinski definition) is 4. The molecule has 1 aliphatic carbocycles. The van der Waals surface area contributed by atoms with E-state index in [0.717, 1.165) is 24.0 Å². The van der Waals surface area contributed by atoms with E-state index in [1.165, 1.54) is 38.5 Å². The van der Waals surface area contributed by atoms with E-state index in [1.807, 2.05) is 13.0 Å². The zero-order chi connectivity index (χ0) is 12.8. The van der Waals surface area contributed by atoms with Crippen LogP contribution in [0.3, 0.4) is 0 Å². The molecule has 0 bridgehead atoms. The molecule has 0 amide bonds. The first kappa shape index (κ1) is 13.1. The molecule has 100 valence electrons. The van der Waals surface area contributed by atoms with Crippen molar-refractivity contribution in [1.29, 1.82) is 0 Å². The van der Waals surface area contributed by atoms with E-state index in [-0.39, 0.29) is 0 Å². The summed E-state index contributed by atoms with van der Waals surface area (Å²) in [5, 5.41) is 6.75. The molecule has 0 unspecified atom stereocenters. The van der Waals surface area contributed by atoms with Gasteiger partial charge in [0.25, 0.3) is 0 Å². The molecule has 0 saturated heterocycles. The summed E-state index contributed by atoms with van der Waals surface area (Å²) < 4.78 is 0. The van der Waals surface area contributed by atoms with Gasteiger partial charge in [0.05, 0.1) is 0 Å². The predicted molar refractivity (Wildman–Crippen MR) is 76.0 cm³/mol. The van der Waals surface area contributed by atoms with Crippen LogP contribution in [0.1, 0.15) is 51.1 Å². The Morgan fingerprint density at radius 3 is 2.56 bits per heavy atom. The molecular formula is C14H24N4. The van der Waals surface area contributed by atoms with Crippen molar-refractivity contribution < 1.29 is 0 Å². The Balaban J connectivity index is 2.02. The van der Waals surface area contributed by atoms with Crippen LogP contribution in [0, 0.1) is 6.92 Å². The second-order valence-corrected chi connectivity index (χ2v) is 5.08. The fourth-order valence-corrected chi connectivity index (χ4v) is 2.51. The monoisotopic (exact) mass is 248 g/mol. The molecule has 2 rings (SSSR count). The van der Waals surface area contributed by atoms with Crippen molar-refractivity contribution in [3.63, 3.8) is 0 Å². The summed E-state index contributed by atoms with van der Waals surface area (Å²) in [5.74, 6) is 1.69. The van der Waals surface area contributed by atoms with E-state index in [4.69, 9.17) is 0 Å². The first-order valence-corrected chi connectivity index (χ1v) is 7.14. The molecule has 4 nitrogen and oxygen atoms in total. The minimum atomic E-state index is 0.580. The van der Waals surface area contributed by atoms with Crippen molar-refractivity contribution in [1.82, 2.24) is 9.97 Å². The molecule has 0 radical (unpaired) electrons. The van der Waals surface area contributed by atoms with Crippen molar-refractivity contribution in [3.8, 4) is 0 Å². The molecule has 0 aromatic carbocycles. The molecule has 1 aromatic rings. The van der Waals surface area contributed by atoms with Crippen molar-refractivity contribution in [2.75, 3.05) is 17.2 Å². The Labute approximate surface area is 110 Å². The Hall–Kier alpha value is -1.32. The average molecular weight is 248 g/mol. The summed E-state index contributed by atoms with van der Waals surface area (Å²) >= 11 is 0. The van der Waals surface area contributed by atoms with Crippen LogP contribution in [0.25, 0.3) is 0 Å². The van der Waals surface area contributed by atoms with Crippen LogP contribution in [0.2, 0.25) is 0 Å². The van der Waals surface area contributed by atoms with Crippen molar-refractivity contribution >= 4 is 11.8 Å². The number of nitrogens with zero attached hydrogens (tertiary/aromatic N) is 2. The molecule has 1 heterocycles. The fraction of sp³-hybridized carbons (Fsp3) is 0.714. The quantitative estimate of drug-likeness (QED) is 0.802. The number of rotatable bonds is 4. The minimum absolute atomic E-state index is 0.580. The van der Waals surface area contributed by atoms with Crippen LogP contribution in [0.15, 0.2) is 6.07 Å². The zero-order valence-electron chi connectivity index (χ0n) is 11.5. The third kappa shape index (κ3) is 3.86. The van der Waals surface area contributed by atoms with Gasteiger partial charge in [-0.2, -0.15) is 4.98 Å². The van der Waals surface area contributed by atoms with Crippen LogP contribution in [-0.4, -0.2) is 22.6 Å². The smallest absolute Gasteiger partial charge is 0.224 e. The second kappa shape index (κ2) is 6.57. The maximum absolute atomic E-state index is 4.51. The highest BCUT2D eigenvalue weighted by Gasteiger charge is 2.13. The van der Waals surface area contributed by atoms with E-state index in [0.29, 0.717) is 6.04 Å². The number of aromatic nitrogens is 2. The summed E-state index contributed by atoms with van der Waals surface area (Å²) in [6, 6.07) is 2.61. The van der Waals surface area contributed by atoms with E-state index >= 15 is 0 Å². The third-order valence-corrected chi connectivity index (χ3v) is 3.40.